The van der Waals surface area contributed by atoms with Crippen molar-refractivity contribution in [3.63, 3.8) is 0 Å². The molecule has 6 nitrogen and oxygen atoms in total. The van der Waals surface area contributed by atoms with Gasteiger partial charge in [0.15, 0.2) is 0 Å². The molecular weight excluding hydrogens is 242 g/mol. The molecule has 4 N–H and O–H groups in total. The molecule has 1 saturated heterocycles. The number of carbonyl (C=O) groups excluding carboxylic acids is 1. The molecule has 17 heavy (non-hydrogen) atoms. The van der Waals surface area contributed by atoms with Gasteiger partial charge in [-0.15, -0.1) is 0 Å². The van der Waals surface area contributed by atoms with Gasteiger partial charge in [-0.25, -0.2) is 0 Å². The second kappa shape index (κ2) is 7.52. The zero-order chi connectivity index (χ0) is 12.7. The molecule has 0 aromatic carbocycles. The molecule has 0 aromatic rings. The zero-order valence-corrected chi connectivity index (χ0v) is 10.5. The van der Waals surface area contributed by atoms with Gasteiger partial charge in [0.25, 0.3) is 0 Å². The Labute approximate surface area is 105 Å². The van der Waals surface area contributed by atoms with Gasteiger partial charge >= 0.3 is 5.97 Å². The molecule has 0 radical (unpaired) electrons. The molecule has 1 atom stereocenters. The predicted molar refractivity (Wildman–Crippen MR) is 67.0 cm³/mol. The molecule has 1 fully saturated rings. The fraction of sp³-hybridized carbons (Fsp3) is 0.800. The van der Waals surface area contributed by atoms with Crippen molar-refractivity contribution in [2.75, 3.05) is 37.7 Å². The SMILES string of the molecule is NC(CC(=O)O)C(=O)NCCN1CCSCC1. The molecule has 1 aliphatic rings. The van der Waals surface area contributed by atoms with E-state index in [1.807, 2.05) is 11.8 Å². The van der Waals surface area contributed by atoms with Gasteiger partial charge in [0.05, 0.1) is 12.5 Å². The highest BCUT2D eigenvalue weighted by Crippen LogP contribution is 2.07. The third kappa shape index (κ3) is 5.90. The lowest BCUT2D eigenvalue weighted by Gasteiger charge is -2.26. The first kappa shape index (κ1) is 14.3. The van der Waals surface area contributed by atoms with Crippen LogP contribution in [0.5, 0.6) is 0 Å². The smallest absolute Gasteiger partial charge is 0.305 e. The number of nitrogens with zero attached hydrogens (tertiary/aromatic N) is 1. The first-order chi connectivity index (χ1) is 8.09. The van der Waals surface area contributed by atoms with E-state index in [4.69, 9.17) is 10.8 Å². The van der Waals surface area contributed by atoms with Crippen molar-refractivity contribution >= 4 is 23.6 Å². The van der Waals surface area contributed by atoms with Crippen molar-refractivity contribution < 1.29 is 14.7 Å². The van der Waals surface area contributed by atoms with Gasteiger partial charge in [0, 0.05) is 37.7 Å². The number of carboxylic acids is 1. The van der Waals surface area contributed by atoms with Gasteiger partial charge in [-0.3, -0.25) is 14.5 Å². The second-order valence-electron chi connectivity index (χ2n) is 3.95. The topological polar surface area (TPSA) is 95.7 Å². The maximum atomic E-state index is 11.4. The highest BCUT2D eigenvalue weighted by molar-refractivity contribution is 7.99. The van der Waals surface area contributed by atoms with Gasteiger partial charge in [-0.1, -0.05) is 0 Å². The largest absolute Gasteiger partial charge is 0.481 e. The Bertz CT molecular complexity index is 270. The summed E-state index contributed by atoms with van der Waals surface area (Å²) in [5.41, 5.74) is 5.43. The molecular formula is C10H19N3O3S. The number of thioether (sulfide) groups is 1. The van der Waals surface area contributed by atoms with Gasteiger partial charge in [0.2, 0.25) is 5.91 Å². The molecule has 7 heteroatoms. The number of amides is 1. The Balaban J connectivity index is 2.12. The summed E-state index contributed by atoms with van der Waals surface area (Å²) in [6, 6.07) is -0.954. The molecule has 1 rings (SSSR count). The normalized spacial score (nSPS) is 18.6. The number of hydrogen-bond donors (Lipinski definition) is 3. The van der Waals surface area contributed by atoms with Crippen molar-refractivity contribution in [1.29, 1.82) is 0 Å². The van der Waals surface area contributed by atoms with E-state index in [1.54, 1.807) is 0 Å². The molecule has 1 amide bonds. The summed E-state index contributed by atoms with van der Waals surface area (Å²) in [5, 5.41) is 11.2. The number of aliphatic carboxylic acids is 1. The van der Waals surface area contributed by atoms with Crippen LogP contribution in [0.4, 0.5) is 0 Å². The minimum absolute atomic E-state index is 0.327. The van der Waals surface area contributed by atoms with Crippen LogP contribution in [0, 0.1) is 0 Å². The first-order valence-electron chi connectivity index (χ1n) is 5.65. The van der Waals surface area contributed by atoms with Crippen LogP contribution < -0.4 is 11.1 Å². The van der Waals surface area contributed by atoms with Crippen molar-refractivity contribution in [2.45, 2.75) is 12.5 Å². The molecule has 0 spiro atoms. The van der Waals surface area contributed by atoms with E-state index in [0.29, 0.717) is 6.54 Å². The summed E-state index contributed by atoms with van der Waals surface area (Å²) < 4.78 is 0. The van der Waals surface area contributed by atoms with E-state index in [9.17, 15) is 9.59 Å². The fourth-order valence-corrected chi connectivity index (χ4v) is 2.55. The minimum atomic E-state index is -1.05. The minimum Gasteiger partial charge on any atom is -0.481 e. The monoisotopic (exact) mass is 261 g/mol. The van der Waals surface area contributed by atoms with Crippen LogP contribution in [0.1, 0.15) is 6.42 Å². The van der Waals surface area contributed by atoms with Crippen LogP contribution in [-0.2, 0) is 9.59 Å². The maximum Gasteiger partial charge on any atom is 0.305 e. The van der Waals surface area contributed by atoms with Crippen LogP contribution in [0.25, 0.3) is 0 Å². The summed E-state index contributed by atoms with van der Waals surface area (Å²) in [5.74, 6) is 0.818. The Morgan fingerprint density at radius 1 is 1.41 bits per heavy atom. The lowest BCUT2D eigenvalue weighted by molar-refractivity contribution is -0.139. The van der Waals surface area contributed by atoms with Crippen molar-refractivity contribution in [3.05, 3.63) is 0 Å². The van der Waals surface area contributed by atoms with Crippen molar-refractivity contribution in [2.24, 2.45) is 5.73 Å². The number of carboxylic acid groups (broad SMARTS) is 1. The maximum absolute atomic E-state index is 11.4. The number of nitrogens with one attached hydrogen (secondary N) is 1. The fourth-order valence-electron chi connectivity index (χ4n) is 1.57. The predicted octanol–water partition coefficient (Wildman–Crippen LogP) is -1.05. The van der Waals surface area contributed by atoms with Crippen LogP contribution in [-0.4, -0.2) is 65.6 Å². The van der Waals surface area contributed by atoms with Crippen molar-refractivity contribution in [3.8, 4) is 0 Å². The molecule has 1 unspecified atom stereocenters. The van der Waals surface area contributed by atoms with E-state index in [-0.39, 0.29) is 6.42 Å². The molecule has 0 aliphatic carbocycles. The zero-order valence-electron chi connectivity index (χ0n) is 9.72. The van der Waals surface area contributed by atoms with E-state index in [1.165, 1.54) is 0 Å². The summed E-state index contributed by atoms with van der Waals surface area (Å²) >= 11 is 1.94. The second-order valence-corrected chi connectivity index (χ2v) is 5.17. The van der Waals surface area contributed by atoms with Gasteiger partial charge in [-0.2, -0.15) is 11.8 Å². The Morgan fingerprint density at radius 3 is 2.65 bits per heavy atom. The molecule has 0 aromatic heterocycles. The summed E-state index contributed by atoms with van der Waals surface area (Å²) in [6.07, 6.45) is -0.327. The first-order valence-corrected chi connectivity index (χ1v) is 6.80. The van der Waals surface area contributed by atoms with Crippen LogP contribution >= 0.6 is 11.8 Å². The highest BCUT2D eigenvalue weighted by Gasteiger charge is 2.17. The summed E-state index contributed by atoms with van der Waals surface area (Å²) in [7, 11) is 0. The van der Waals surface area contributed by atoms with E-state index >= 15 is 0 Å². The summed E-state index contributed by atoms with van der Waals surface area (Å²) in [4.78, 5) is 24.0. The Hall–Kier alpha value is -0.790. The lowest BCUT2D eigenvalue weighted by atomic mass is 10.2. The number of nitrogens with two attached hydrogens (primary N) is 1. The van der Waals surface area contributed by atoms with Crippen LogP contribution in [0.3, 0.4) is 0 Å². The number of carbonyl (C=O) groups is 2. The van der Waals surface area contributed by atoms with Crippen LogP contribution in [0.2, 0.25) is 0 Å². The third-order valence-electron chi connectivity index (χ3n) is 2.56. The quantitative estimate of drug-likeness (QED) is 0.565. The Kier molecular flexibility index (Phi) is 6.31. The number of hydrogen-bond acceptors (Lipinski definition) is 5. The molecule has 0 bridgehead atoms. The Morgan fingerprint density at radius 2 is 2.06 bits per heavy atom. The van der Waals surface area contributed by atoms with Crippen molar-refractivity contribution in [1.82, 2.24) is 10.2 Å². The van der Waals surface area contributed by atoms with E-state index in [2.05, 4.69) is 10.2 Å². The van der Waals surface area contributed by atoms with Crippen LogP contribution in [0.15, 0.2) is 0 Å². The lowest BCUT2D eigenvalue weighted by Crippen LogP contribution is -2.45. The molecule has 0 saturated carbocycles. The summed E-state index contributed by atoms with van der Waals surface area (Å²) in [6.45, 7) is 3.41. The number of rotatable bonds is 6. The van der Waals surface area contributed by atoms with Gasteiger partial charge in [-0.05, 0) is 0 Å². The standard InChI is InChI=1S/C10H19N3O3S/c11-8(7-9(14)15)10(16)12-1-2-13-3-5-17-6-4-13/h8H,1-7,11H2,(H,12,16)(H,14,15). The van der Waals surface area contributed by atoms with E-state index in [0.717, 1.165) is 31.1 Å². The third-order valence-corrected chi connectivity index (χ3v) is 3.50. The van der Waals surface area contributed by atoms with Gasteiger partial charge < -0.3 is 16.2 Å². The average Bonchev–Trinajstić information content (AvgIpc) is 2.29. The van der Waals surface area contributed by atoms with E-state index < -0.39 is 17.9 Å². The van der Waals surface area contributed by atoms with Gasteiger partial charge in [0.1, 0.15) is 0 Å². The molecule has 1 aliphatic heterocycles. The average molecular weight is 261 g/mol. The highest BCUT2D eigenvalue weighted by atomic mass is 32.2. The molecule has 98 valence electrons. The molecule has 1 heterocycles.